The van der Waals surface area contributed by atoms with Gasteiger partial charge in [0.25, 0.3) is 0 Å². The van der Waals surface area contributed by atoms with Gasteiger partial charge in [-0.05, 0) is 0 Å². The number of hydrogen-bond donors (Lipinski definition) is 0. The minimum absolute atomic E-state index is 0. The van der Waals surface area contributed by atoms with Crippen LogP contribution in [-0.4, -0.2) is 185 Å². The Balaban J connectivity index is 0. The molecule has 0 aliphatic rings. The fourth-order valence-electron chi connectivity index (χ4n) is 0. The standard InChI is InChI=1S/Ba.Ca.Mg.Na.Sr. The summed E-state index contributed by atoms with van der Waals surface area (Å²) in [5.41, 5.74) is 0. The first kappa shape index (κ1) is 30.5. The maximum absolute atomic E-state index is 0. The number of rotatable bonds is 0. The average Bonchev–Trinajstić information content (AvgIpc) is 0. The topological polar surface area (TPSA) is 0 Å². The van der Waals surface area contributed by atoms with Gasteiger partial charge in [-0.3, -0.25) is 0 Å². The molecule has 0 aromatic heterocycles. The second kappa shape index (κ2) is 22.5. The van der Waals surface area contributed by atoms with Gasteiger partial charge in [0.05, 0.1) is 0 Å². The Bertz CT molecular complexity index is 11.6. The van der Waals surface area contributed by atoms with Crippen molar-refractivity contribution in [1.29, 1.82) is 0 Å². The van der Waals surface area contributed by atoms with Crippen molar-refractivity contribution in [3.8, 4) is 0 Å². The van der Waals surface area contributed by atoms with E-state index in [1.165, 1.54) is 0 Å². The molecule has 0 nitrogen and oxygen atoms in total. The van der Waals surface area contributed by atoms with E-state index < -0.39 is 0 Å². The Morgan fingerprint density at radius 3 is 1.00 bits per heavy atom. The third-order valence-corrected chi connectivity index (χ3v) is 0. The quantitative estimate of drug-likeness (QED) is 0.458. The second-order valence-corrected chi connectivity index (χ2v) is 0. The molecule has 0 heterocycles. The van der Waals surface area contributed by atoms with Gasteiger partial charge in [-0.25, -0.2) is 0 Å². The van der Waals surface area contributed by atoms with E-state index in [0.29, 0.717) is 0 Å². The molecule has 0 spiro atoms. The molecular weight excluding hydrogens is 312 g/mol. The summed E-state index contributed by atoms with van der Waals surface area (Å²) in [4.78, 5) is 0. The van der Waals surface area contributed by atoms with E-state index in [2.05, 4.69) is 0 Å². The summed E-state index contributed by atoms with van der Waals surface area (Å²) in [5.74, 6) is 0. The van der Waals surface area contributed by atoms with Crippen LogP contribution in [0.3, 0.4) is 0 Å². The van der Waals surface area contributed by atoms with Crippen molar-refractivity contribution >= 4 is 185 Å². The van der Waals surface area contributed by atoms with Gasteiger partial charge in [-0.2, -0.15) is 0 Å². The zero-order valence-corrected chi connectivity index (χ0v) is 17.4. The van der Waals surface area contributed by atoms with Crippen LogP contribution >= 0.6 is 0 Å². The van der Waals surface area contributed by atoms with E-state index in [9.17, 15) is 0 Å². The summed E-state index contributed by atoms with van der Waals surface area (Å²) in [7, 11) is 0. The summed E-state index contributed by atoms with van der Waals surface area (Å²) in [6, 6.07) is 0. The summed E-state index contributed by atoms with van der Waals surface area (Å²) in [6.07, 6.45) is 0. The molecule has 0 bridgehead atoms. The molecule has 0 atom stereocenters. The molecule has 0 aliphatic heterocycles. The summed E-state index contributed by atoms with van der Waals surface area (Å²) >= 11 is 0. The molecular formula is BaCaMgNaSr. The van der Waals surface area contributed by atoms with Gasteiger partial charge in [0.1, 0.15) is 0 Å². The minimum Gasteiger partial charge on any atom is 0 e. The van der Waals surface area contributed by atoms with E-state index in [4.69, 9.17) is 0 Å². The van der Waals surface area contributed by atoms with Crippen LogP contribution < -0.4 is 0 Å². The van der Waals surface area contributed by atoms with Gasteiger partial charge in [0, 0.05) is 185 Å². The molecule has 0 rings (SSSR count). The largest absolute Gasteiger partial charge is 0 e. The van der Waals surface area contributed by atoms with Crippen molar-refractivity contribution in [2.75, 3.05) is 0 Å². The van der Waals surface area contributed by atoms with E-state index in [1.54, 1.807) is 0 Å². The molecule has 0 N–H and O–H groups in total. The Kier molecular flexibility index (Phi) is 137. The predicted octanol–water partition coefficient (Wildman–Crippen LogP) is -1.90. The van der Waals surface area contributed by atoms with Gasteiger partial charge in [-0.15, -0.1) is 0 Å². The predicted molar refractivity (Wildman–Crippen MR) is 28.8 cm³/mol. The fourth-order valence-corrected chi connectivity index (χ4v) is 0. The normalized spacial score (nSPS) is 0. The molecule has 0 aromatic rings. The van der Waals surface area contributed by atoms with Crippen molar-refractivity contribution in [3.63, 3.8) is 0 Å². The van der Waals surface area contributed by atoms with Crippen LogP contribution in [0.1, 0.15) is 0 Å². The van der Waals surface area contributed by atoms with Crippen LogP contribution in [-0.2, 0) is 0 Å². The number of hydrogen-bond acceptors (Lipinski definition) is 0. The zero-order chi connectivity index (χ0) is 0. The van der Waals surface area contributed by atoms with E-state index in [0.717, 1.165) is 0 Å². The van der Waals surface area contributed by atoms with Crippen molar-refractivity contribution in [2.45, 2.75) is 0 Å². The molecule has 5 heavy (non-hydrogen) atoms. The van der Waals surface area contributed by atoms with Gasteiger partial charge in [0.15, 0.2) is 0 Å². The Morgan fingerprint density at radius 1 is 1.00 bits per heavy atom. The van der Waals surface area contributed by atoms with Crippen molar-refractivity contribution < 1.29 is 0 Å². The van der Waals surface area contributed by atoms with Crippen LogP contribution in [0.25, 0.3) is 0 Å². The molecule has 0 unspecified atom stereocenters. The first-order valence-corrected chi connectivity index (χ1v) is 0. The monoisotopic (exact) mass is 313 g/mol. The molecule has 9 radical (unpaired) electrons. The Morgan fingerprint density at radius 2 is 1.00 bits per heavy atom. The molecule has 0 aromatic carbocycles. The molecule has 0 aliphatic carbocycles. The maximum atomic E-state index is 0. The van der Waals surface area contributed by atoms with Crippen molar-refractivity contribution in [1.82, 2.24) is 0 Å². The van der Waals surface area contributed by atoms with Gasteiger partial charge in [-0.1, -0.05) is 0 Å². The second-order valence-electron chi connectivity index (χ2n) is 0. The van der Waals surface area contributed by atoms with E-state index in [1.807, 2.05) is 0 Å². The van der Waals surface area contributed by atoms with Crippen LogP contribution in [0.2, 0.25) is 0 Å². The Hall–Kier alpha value is 6.08. The van der Waals surface area contributed by atoms with E-state index >= 15 is 0 Å². The van der Waals surface area contributed by atoms with Gasteiger partial charge in [0.2, 0.25) is 0 Å². The summed E-state index contributed by atoms with van der Waals surface area (Å²) in [5, 5.41) is 0. The smallest absolute Gasteiger partial charge is 0 e. The third kappa shape index (κ3) is 17.8. The van der Waals surface area contributed by atoms with Crippen LogP contribution in [0.15, 0.2) is 0 Å². The summed E-state index contributed by atoms with van der Waals surface area (Å²) in [6.45, 7) is 0. The van der Waals surface area contributed by atoms with Crippen molar-refractivity contribution in [3.05, 3.63) is 0 Å². The molecule has 0 fully saturated rings. The summed E-state index contributed by atoms with van der Waals surface area (Å²) < 4.78 is 0. The fraction of sp³-hybridized carbons (Fsp3) is 0. The molecule has 0 amide bonds. The first-order chi connectivity index (χ1) is 0. The van der Waals surface area contributed by atoms with Crippen LogP contribution in [0, 0.1) is 0 Å². The van der Waals surface area contributed by atoms with Crippen LogP contribution in [0.5, 0.6) is 0 Å². The SMILES string of the molecule is [Ba].[Ca].[Mg].[Na].[Sr]. The molecule has 0 saturated heterocycles. The molecule has 5 heteroatoms. The minimum atomic E-state index is 0. The molecule has 0 saturated carbocycles. The third-order valence-electron chi connectivity index (χ3n) is 0. The first-order valence-electron chi connectivity index (χ1n) is 0. The average molecular weight is 312 g/mol. The van der Waals surface area contributed by atoms with E-state index in [-0.39, 0.29) is 185 Å². The van der Waals surface area contributed by atoms with Crippen molar-refractivity contribution in [2.24, 2.45) is 0 Å². The Labute approximate surface area is 178 Å². The zero-order valence-electron chi connectivity index (χ0n) is 3.83. The van der Waals surface area contributed by atoms with Crippen LogP contribution in [0.4, 0.5) is 0 Å². The molecule has 9 valence electrons. The maximum Gasteiger partial charge on any atom is 0 e. The van der Waals surface area contributed by atoms with Gasteiger partial charge < -0.3 is 0 Å². The van der Waals surface area contributed by atoms with Gasteiger partial charge >= 0.3 is 0 Å².